The van der Waals surface area contributed by atoms with Gasteiger partial charge in [0.2, 0.25) is 0 Å². The van der Waals surface area contributed by atoms with Crippen LogP contribution in [0, 0.1) is 5.92 Å². The third-order valence-corrected chi connectivity index (χ3v) is 4.26. The minimum absolute atomic E-state index is 0.174. The molecule has 4 nitrogen and oxygen atoms in total. The number of fused-ring (bicyclic) bond motifs is 2. The summed E-state index contributed by atoms with van der Waals surface area (Å²) in [4.78, 5) is 0. The van der Waals surface area contributed by atoms with Gasteiger partial charge >= 0.3 is 0 Å². The van der Waals surface area contributed by atoms with Gasteiger partial charge < -0.3 is 9.84 Å². The lowest BCUT2D eigenvalue weighted by atomic mass is 9.84. The Morgan fingerprint density at radius 2 is 2.47 bits per heavy atom. The second-order valence-corrected chi connectivity index (χ2v) is 5.32. The van der Waals surface area contributed by atoms with Crippen molar-refractivity contribution < 1.29 is 9.84 Å². The molecule has 0 spiro atoms. The van der Waals surface area contributed by atoms with Crippen LogP contribution in [0.3, 0.4) is 0 Å². The third-order valence-electron chi connectivity index (χ3n) is 3.97. The molecule has 0 radical (unpaired) electrons. The van der Waals surface area contributed by atoms with E-state index < -0.39 is 6.10 Å². The summed E-state index contributed by atoms with van der Waals surface area (Å²) in [5, 5.41) is 15.2. The predicted octanol–water partition coefficient (Wildman–Crippen LogP) is 2.16. The number of aryl methyl sites for hydroxylation is 1. The van der Waals surface area contributed by atoms with Crippen LogP contribution < -0.4 is 0 Å². The van der Waals surface area contributed by atoms with Crippen LogP contribution in [-0.2, 0) is 11.3 Å². The van der Waals surface area contributed by atoms with Gasteiger partial charge in [0.05, 0.1) is 29.1 Å². The van der Waals surface area contributed by atoms with Crippen LogP contribution in [0.15, 0.2) is 6.20 Å². The summed E-state index contributed by atoms with van der Waals surface area (Å²) in [5.41, 5.74) is 0.746. The molecule has 1 aromatic heterocycles. The number of hydrogen-bond acceptors (Lipinski definition) is 3. The van der Waals surface area contributed by atoms with Gasteiger partial charge in [0.15, 0.2) is 0 Å². The van der Waals surface area contributed by atoms with Crippen molar-refractivity contribution in [2.75, 3.05) is 0 Å². The van der Waals surface area contributed by atoms with Gasteiger partial charge in [-0.2, -0.15) is 5.10 Å². The Balaban J connectivity index is 1.86. The molecule has 2 saturated heterocycles. The van der Waals surface area contributed by atoms with Gasteiger partial charge in [-0.1, -0.05) is 11.6 Å². The molecule has 5 heteroatoms. The number of aromatic nitrogens is 2. The lowest BCUT2D eigenvalue weighted by molar-refractivity contribution is 0.0381. The molecule has 0 amide bonds. The van der Waals surface area contributed by atoms with Crippen molar-refractivity contribution in [2.45, 2.75) is 51.0 Å². The zero-order chi connectivity index (χ0) is 12.0. The molecule has 3 heterocycles. The average molecular weight is 257 g/mol. The maximum absolute atomic E-state index is 10.5. The minimum Gasteiger partial charge on any atom is -0.386 e. The van der Waals surface area contributed by atoms with E-state index >= 15 is 0 Å². The molecule has 2 fully saturated rings. The number of hydrogen-bond donors (Lipinski definition) is 1. The van der Waals surface area contributed by atoms with Crippen molar-refractivity contribution in [3.8, 4) is 0 Å². The first-order valence-electron chi connectivity index (χ1n) is 6.25. The lowest BCUT2D eigenvalue weighted by Crippen LogP contribution is -2.25. The quantitative estimate of drug-likeness (QED) is 0.902. The summed E-state index contributed by atoms with van der Waals surface area (Å²) in [6, 6.07) is 0. The van der Waals surface area contributed by atoms with Crippen molar-refractivity contribution in [3.05, 3.63) is 16.9 Å². The van der Waals surface area contributed by atoms with E-state index in [4.69, 9.17) is 16.3 Å². The Labute approximate surface area is 106 Å². The lowest BCUT2D eigenvalue weighted by Gasteiger charge is -2.25. The minimum atomic E-state index is -0.555. The molecule has 2 aliphatic heterocycles. The molecule has 0 aromatic carbocycles. The average Bonchev–Trinajstić information content (AvgIpc) is 3.01. The number of aliphatic hydroxyl groups is 1. The number of nitrogens with zero attached hydrogens (tertiary/aromatic N) is 2. The van der Waals surface area contributed by atoms with Crippen LogP contribution in [0.1, 0.15) is 38.0 Å². The number of aliphatic hydroxyl groups excluding tert-OH is 1. The third kappa shape index (κ3) is 1.79. The first-order valence-corrected chi connectivity index (χ1v) is 6.63. The highest BCUT2D eigenvalue weighted by atomic mass is 35.5. The summed E-state index contributed by atoms with van der Waals surface area (Å²) >= 11 is 6.11. The zero-order valence-electron chi connectivity index (χ0n) is 9.84. The molecule has 3 rings (SSSR count). The molecule has 0 aliphatic carbocycles. The maximum Gasteiger partial charge on any atom is 0.103 e. The van der Waals surface area contributed by atoms with Crippen molar-refractivity contribution >= 4 is 11.6 Å². The number of ether oxygens (including phenoxy) is 1. The van der Waals surface area contributed by atoms with Crippen molar-refractivity contribution in [2.24, 2.45) is 5.92 Å². The normalized spacial score (nSPS) is 33.2. The fourth-order valence-corrected chi connectivity index (χ4v) is 3.38. The number of halogens is 1. The van der Waals surface area contributed by atoms with Gasteiger partial charge in [0, 0.05) is 12.5 Å². The first-order chi connectivity index (χ1) is 8.20. The molecular formula is C12H17ClN2O2. The smallest absolute Gasteiger partial charge is 0.103 e. The van der Waals surface area contributed by atoms with Gasteiger partial charge in [-0.05, 0) is 26.2 Å². The summed E-state index contributed by atoms with van der Waals surface area (Å²) in [5.74, 6) is 0.174. The predicted molar refractivity (Wildman–Crippen MR) is 63.9 cm³/mol. The van der Waals surface area contributed by atoms with Gasteiger partial charge in [-0.25, -0.2) is 0 Å². The molecule has 17 heavy (non-hydrogen) atoms. The van der Waals surface area contributed by atoms with Gasteiger partial charge in [0.25, 0.3) is 0 Å². The van der Waals surface area contributed by atoms with E-state index in [1.54, 1.807) is 10.9 Å². The first kappa shape index (κ1) is 11.5. The Bertz CT molecular complexity index is 421. The molecule has 0 saturated carbocycles. The maximum atomic E-state index is 10.5. The molecule has 4 unspecified atom stereocenters. The molecular weight excluding hydrogens is 240 g/mol. The zero-order valence-corrected chi connectivity index (χ0v) is 10.6. The summed E-state index contributed by atoms with van der Waals surface area (Å²) < 4.78 is 7.56. The second kappa shape index (κ2) is 4.26. The molecule has 1 aromatic rings. The molecule has 2 aliphatic rings. The van der Waals surface area contributed by atoms with E-state index in [2.05, 4.69) is 5.10 Å². The van der Waals surface area contributed by atoms with Crippen LogP contribution in [0.4, 0.5) is 0 Å². The fraction of sp³-hybridized carbons (Fsp3) is 0.750. The number of rotatable bonds is 3. The van der Waals surface area contributed by atoms with Crippen LogP contribution >= 0.6 is 11.6 Å². The Kier molecular flexibility index (Phi) is 2.89. The SMILES string of the molecule is CCn1ncc(Cl)c1C(O)C1CC2CCC1O2. The summed E-state index contributed by atoms with van der Waals surface area (Å²) in [6.07, 6.45) is 4.73. The highest BCUT2D eigenvalue weighted by molar-refractivity contribution is 6.31. The van der Waals surface area contributed by atoms with Crippen molar-refractivity contribution in [1.29, 1.82) is 0 Å². The van der Waals surface area contributed by atoms with Crippen LogP contribution in [-0.4, -0.2) is 27.1 Å². The van der Waals surface area contributed by atoms with E-state index in [0.717, 1.165) is 31.5 Å². The fourth-order valence-electron chi connectivity index (χ4n) is 3.13. The van der Waals surface area contributed by atoms with Crippen molar-refractivity contribution in [3.63, 3.8) is 0 Å². The van der Waals surface area contributed by atoms with E-state index in [9.17, 15) is 5.11 Å². The Morgan fingerprint density at radius 1 is 1.65 bits per heavy atom. The van der Waals surface area contributed by atoms with Gasteiger partial charge in [0.1, 0.15) is 6.10 Å². The highest BCUT2D eigenvalue weighted by Crippen LogP contribution is 2.45. The van der Waals surface area contributed by atoms with Crippen LogP contribution in [0.25, 0.3) is 0 Å². The van der Waals surface area contributed by atoms with Crippen LogP contribution in [0.2, 0.25) is 5.02 Å². The van der Waals surface area contributed by atoms with Crippen LogP contribution in [0.5, 0.6) is 0 Å². The standard InChI is InChI=1S/C12H17ClN2O2/c1-2-15-11(9(13)6-14-15)12(16)8-5-7-3-4-10(8)17-7/h6-8,10,12,16H,2-5H2,1H3. The topological polar surface area (TPSA) is 47.3 Å². The van der Waals surface area contributed by atoms with E-state index in [1.807, 2.05) is 6.92 Å². The Hall–Kier alpha value is -0.580. The molecule has 94 valence electrons. The van der Waals surface area contributed by atoms with E-state index in [1.165, 1.54) is 0 Å². The van der Waals surface area contributed by atoms with E-state index in [-0.39, 0.29) is 12.0 Å². The molecule has 1 N–H and O–H groups in total. The highest BCUT2D eigenvalue weighted by Gasteiger charge is 2.45. The largest absolute Gasteiger partial charge is 0.386 e. The Morgan fingerprint density at radius 3 is 3.06 bits per heavy atom. The summed E-state index contributed by atoms with van der Waals surface area (Å²) in [6.45, 7) is 2.72. The molecule has 2 bridgehead atoms. The monoisotopic (exact) mass is 256 g/mol. The van der Waals surface area contributed by atoms with E-state index in [0.29, 0.717) is 11.1 Å². The van der Waals surface area contributed by atoms with Gasteiger partial charge in [-0.15, -0.1) is 0 Å². The second-order valence-electron chi connectivity index (χ2n) is 4.91. The van der Waals surface area contributed by atoms with Gasteiger partial charge in [-0.3, -0.25) is 4.68 Å². The van der Waals surface area contributed by atoms with Crippen molar-refractivity contribution in [1.82, 2.24) is 9.78 Å². The summed E-state index contributed by atoms with van der Waals surface area (Å²) in [7, 11) is 0. The molecule has 4 atom stereocenters.